The molecule has 4 rings (SSSR count). The van der Waals surface area contributed by atoms with E-state index in [1.165, 1.54) is 38.6 Å². The van der Waals surface area contributed by atoms with Crippen molar-refractivity contribution in [2.45, 2.75) is 11.3 Å². The number of hydrogen-bond donors (Lipinski definition) is 1. The number of ether oxygens (including phenoxy) is 4. The van der Waals surface area contributed by atoms with Crippen molar-refractivity contribution in [2.75, 3.05) is 34.1 Å². The minimum Gasteiger partial charge on any atom is -0.493 e. The quantitative estimate of drug-likeness (QED) is 0.302. The lowest BCUT2D eigenvalue weighted by Crippen LogP contribution is -2.40. The van der Waals surface area contributed by atoms with E-state index in [2.05, 4.69) is 10.5 Å². The number of nitrogens with one attached hydrogen (secondary N) is 1. The van der Waals surface area contributed by atoms with E-state index in [1.807, 2.05) is 30.3 Å². The van der Waals surface area contributed by atoms with E-state index in [0.29, 0.717) is 29.2 Å². The molecule has 0 radical (unpaired) electrons. The maximum Gasteiger partial charge on any atom is 0.255 e. The topological polar surface area (TPSA) is 116 Å². The normalized spacial score (nSPS) is 12.6. The monoisotopic (exact) mass is 525 g/mol. The molecule has 0 fully saturated rings. The highest BCUT2D eigenvalue weighted by Gasteiger charge is 2.27. The Hall–Kier alpha value is -4.09. The lowest BCUT2D eigenvalue weighted by Gasteiger charge is -2.22. The predicted molar refractivity (Wildman–Crippen MR) is 137 cm³/mol. The fraction of sp³-hybridized carbons (Fsp3) is 0.231. The van der Waals surface area contributed by atoms with Crippen LogP contribution in [0, 0.1) is 0 Å². The van der Waals surface area contributed by atoms with E-state index in [4.69, 9.17) is 18.9 Å². The van der Waals surface area contributed by atoms with E-state index in [1.54, 1.807) is 18.2 Å². The molecule has 37 heavy (non-hydrogen) atoms. The fourth-order valence-electron chi connectivity index (χ4n) is 3.68. The minimum absolute atomic E-state index is 0.0186. The summed E-state index contributed by atoms with van der Waals surface area (Å²) in [6, 6.07) is 19.0. The first kappa shape index (κ1) is 26.0. The zero-order valence-corrected chi connectivity index (χ0v) is 21.2. The summed E-state index contributed by atoms with van der Waals surface area (Å²) in [7, 11) is -1.16. The molecule has 3 aromatic rings. The molecule has 1 N–H and O–H groups in total. The molecule has 0 aromatic heterocycles. The first-order chi connectivity index (χ1) is 17.9. The van der Waals surface area contributed by atoms with Gasteiger partial charge in [0.1, 0.15) is 0 Å². The number of carbonyl (C=O) groups is 1. The van der Waals surface area contributed by atoms with Crippen LogP contribution in [0.3, 0.4) is 0 Å². The van der Waals surface area contributed by atoms with Gasteiger partial charge in [-0.1, -0.05) is 30.3 Å². The Morgan fingerprint density at radius 1 is 1.00 bits per heavy atom. The number of hydrazone groups is 1. The van der Waals surface area contributed by atoms with E-state index in [0.717, 1.165) is 9.87 Å². The standard InChI is InChI=1S/C26H27N3O7S/c1-33-22-11-9-21(15-24(22)34-2)37(31,32)29(13-12-19-6-4-3-5-7-19)17-26(30)28-27-16-20-8-10-23-25(14-20)36-18-35-23/h3-11,14-16H,12-13,17-18H2,1-2H3,(H,28,30)/b27-16-. The maximum absolute atomic E-state index is 13.5. The Morgan fingerprint density at radius 3 is 2.51 bits per heavy atom. The van der Waals surface area contributed by atoms with E-state index >= 15 is 0 Å². The van der Waals surface area contributed by atoms with Crippen LogP contribution in [0.25, 0.3) is 0 Å². The highest BCUT2D eigenvalue weighted by molar-refractivity contribution is 7.89. The van der Waals surface area contributed by atoms with Gasteiger partial charge in [-0.25, -0.2) is 13.8 Å². The third-order valence-corrected chi connectivity index (χ3v) is 7.45. The summed E-state index contributed by atoms with van der Waals surface area (Å²) in [6.45, 7) is -0.192. The van der Waals surface area contributed by atoms with E-state index < -0.39 is 22.5 Å². The van der Waals surface area contributed by atoms with Gasteiger partial charge in [0.05, 0.1) is 31.9 Å². The van der Waals surface area contributed by atoms with Gasteiger partial charge in [0.2, 0.25) is 16.8 Å². The first-order valence-electron chi connectivity index (χ1n) is 11.4. The summed E-state index contributed by atoms with van der Waals surface area (Å²) in [5, 5.41) is 3.96. The van der Waals surface area contributed by atoms with Crippen LogP contribution in [0.5, 0.6) is 23.0 Å². The number of amides is 1. The summed E-state index contributed by atoms with van der Waals surface area (Å²) >= 11 is 0. The van der Waals surface area contributed by atoms with Crippen molar-refractivity contribution in [1.82, 2.24) is 9.73 Å². The SMILES string of the molecule is COc1ccc(S(=O)(=O)N(CCc2ccccc2)CC(=O)N/N=C\c2ccc3c(c2)OCO3)cc1OC. The van der Waals surface area contributed by atoms with Crippen LogP contribution in [0.2, 0.25) is 0 Å². The summed E-state index contributed by atoms with van der Waals surface area (Å²) in [5.41, 5.74) is 4.02. The van der Waals surface area contributed by atoms with Gasteiger partial charge in [-0.3, -0.25) is 4.79 Å². The highest BCUT2D eigenvalue weighted by atomic mass is 32.2. The van der Waals surface area contributed by atoms with Gasteiger partial charge in [-0.2, -0.15) is 9.41 Å². The number of carbonyl (C=O) groups excluding carboxylic acids is 1. The average molecular weight is 526 g/mol. The molecule has 0 bridgehead atoms. The molecule has 0 saturated heterocycles. The maximum atomic E-state index is 13.5. The molecular formula is C26H27N3O7S. The minimum atomic E-state index is -4.05. The Kier molecular flexibility index (Phi) is 8.26. The van der Waals surface area contributed by atoms with Gasteiger partial charge >= 0.3 is 0 Å². The average Bonchev–Trinajstić information content (AvgIpc) is 3.39. The number of benzene rings is 3. The molecule has 3 aromatic carbocycles. The van der Waals surface area contributed by atoms with Crippen molar-refractivity contribution in [1.29, 1.82) is 0 Å². The second-order valence-electron chi connectivity index (χ2n) is 8.00. The lowest BCUT2D eigenvalue weighted by molar-refractivity contribution is -0.121. The second-order valence-corrected chi connectivity index (χ2v) is 9.93. The van der Waals surface area contributed by atoms with Crippen molar-refractivity contribution in [3.63, 3.8) is 0 Å². The largest absolute Gasteiger partial charge is 0.493 e. The van der Waals surface area contributed by atoms with Crippen LogP contribution >= 0.6 is 0 Å². The molecule has 0 unspecified atom stereocenters. The van der Waals surface area contributed by atoms with Crippen molar-refractivity contribution >= 4 is 22.1 Å². The molecule has 1 amide bonds. The Labute approximate surface area is 215 Å². The molecule has 0 atom stereocenters. The van der Waals surface area contributed by atoms with Gasteiger partial charge in [0.15, 0.2) is 23.0 Å². The predicted octanol–water partition coefficient (Wildman–Crippen LogP) is 2.82. The van der Waals surface area contributed by atoms with Crippen LogP contribution in [-0.2, 0) is 21.2 Å². The lowest BCUT2D eigenvalue weighted by atomic mass is 10.1. The number of fused-ring (bicyclic) bond motifs is 1. The Balaban J connectivity index is 1.50. The van der Waals surface area contributed by atoms with Crippen molar-refractivity contribution in [2.24, 2.45) is 5.10 Å². The third-order valence-electron chi connectivity index (χ3n) is 5.60. The van der Waals surface area contributed by atoms with Gasteiger partial charge in [-0.05, 0) is 47.9 Å². The van der Waals surface area contributed by atoms with Gasteiger partial charge in [0.25, 0.3) is 5.91 Å². The van der Waals surface area contributed by atoms with Crippen LogP contribution in [0.1, 0.15) is 11.1 Å². The summed E-state index contributed by atoms with van der Waals surface area (Å²) in [5.74, 6) is 1.30. The molecule has 0 saturated carbocycles. The highest BCUT2D eigenvalue weighted by Crippen LogP contribution is 2.32. The van der Waals surface area contributed by atoms with Crippen molar-refractivity contribution in [3.8, 4) is 23.0 Å². The summed E-state index contributed by atoms with van der Waals surface area (Å²) < 4.78 is 49.3. The smallest absolute Gasteiger partial charge is 0.255 e. The molecule has 1 heterocycles. The second kappa shape index (κ2) is 11.8. The fourth-order valence-corrected chi connectivity index (χ4v) is 5.09. The van der Waals surface area contributed by atoms with E-state index in [-0.39, 0.29) is 24.0 Å². The van der Waals surface area contributed by atoms with E-state index in [9.17, 15) is 13.2 Å². The molecule has 1 aliphatic rings. The third kappa shape index (κ3) is 6.38. The zero-order chi connectivity index (χ0) is 26.3. The molecule has 194 valence electrons. The van der Waals surface area contributed by atoms with Gasteiger partial charge < -0.3 is 18.9 Å². The number of methoxy groups -OCH3 is 2. The van der Waals surface area contributed by atoms with Crippen molar-refractivity contribution < 1.29 is 32.2 Å². The molecule has 11 heteroatoms. The molecule has 1 aliphatic heterocycles. The molecular weight excluding hydrogens is 498 g/mol. The molecule has 10 nitrogen and oxygen atoms in total. The summed E-state index contributed by atoms with van der Waals surface area (Å²) in [4.78, 5) is 12.7. The molecule has 0 aliphatic carbocycles. The first-order valence-corrected chi connectivity index (χ1v) is 12.8. The summed E-state index contributed by atoms with van der Waals surface area (Å²) in [6.07, 6.45) is 1.86. The number of hydrogen-bond acceptors (Lipinski definition) is 8. The van der Waals surface area contributed by atoms with Crippen LogP contribution in [-0.4, -0.2) is 58.9 Å². The Bertz CT molecular complexity index is 1380. The Morgan fingerprint density at radius 2 is 1.76 bits per heavy atom. The number of rotatable bonds is 11. The van der Waals surface area contributed by atoms with Crippen LogP contribution in [0.15, 0.2) is 76.7 Å². The van der Waals surface area contributed by atoms with Crippen LogP contribution < -0.4 is 24.4 Å². The van der Waals surface area contributed by atoms with Gasteiger partial charge in [-0.15, -0.1) is 0 Å². The number of sulfonamides is 1. The molecule has 0 spiro atoms. The number of nitrogens with zero attached hydrogens (tertiary/aromatic N) is 2. The van der Waals surface area contributed by atoms with Crippen molar-refractivity contribution in [3.05, 3.63) is 77.9 Å². The zero-order valence-electron chi connectivity index (χ0n) is 20.4. The van der Waals surface area contributed by atoms with Crippen LogP contribution in [0.4, 0.5) is 0 Å². The van der Waals surface area contributed by atoms with Gasteiger partial charge in [0, 0.05) is 12.6 Å².